The maximum Gasteiger partial charge on any atom is 0.243 e. The van der Waals surface area contributed by atoms with Crippen molar-refractivity contribution in [1.82, 2.24) is 9.29 Å². The zero-order valence-electron chi connectivity index (χ0n) is 18.4. The lowest BCUT2D eigenvalue weighted by atomic mass is 9.90. The smallest absolute Gasteiger partial charge is 0.243 e. The number of benzene rings is 1. The van der Waals surface area contributed by atoms with E-state index >= 15 is 0 Å². The molecule has 1 amide bonds. The average Bonchev–Trinajstić information content (AvgIpc) is 2.79. The van der Waals surface area contributed by atoms with Crippen LogP contribution in [0.5, 0.6) is 5.75 Å². The number of nitrogens with zero attached hydrogens (tertiary/aromatic N) is 2. The van der Waals surface area contributed by atoms with Gasteiger partial charge in [-0.1, -0.05) is 31.4 Å². The van der Waals surface area contributed by atoms with Crippen LogP contribution in [0.1, 0.15) is 49.4 Å². The number of ketones is 1. The summed E-state index contributed by atoms with van der Waals surface area (Å²) >= 11 is 0. The van der Waals surface area contributed by atoms with Crippen molar-refractivity contribution in [2.24, 2.45) is 5.92 Å². The second kappa shape index (κ2) is 10.7. The second-order valence-electron chi connectivity index (χ2n) is 8.06. The molecule has 0 spiro atoms. The maximum atomic E-state index is 12.8. The van der Waals surface area contributed by atoms with Gasteiger partial charge in [-0.05, 0) is 49.9 Å². The molecule has 1 N–H and O–H groups in total. The van der Waals surface area contributed by atoms with Gasteiger partial charge in [0.15, 0.2) is 17.4 Å². The first-order chi connectivity index (χ1) is 15.3. The fourth-order valence-corrected chi connectivity index (χ4v) is 4.79. The fraction of sp³-hybridized carbons (Fsp3) is 0.435. The molecule has 1 heterocycles. The summed E-state index contributed by atoms with van der Waals surface area (Å²) in [5, 5.41) is 2.65. The summed E-state index contributed by atoms with van der Waals surface area (Å²) in [6.45, 7) is 1.58. The largest absolute Gasteiger partial charge is 0.489 e. The van der Waals surface area contributed by atoms with E-state index in [1.165, 1.54) is 57.5 Å². The van der Waals surface area contributed by atoms with Crippen molar-refractivity contribution in [1.29, 1.82) is 0 Å². The molecule has 0 atom stereocenters. The zero-order chi connectivity index (χ0) is 23.1. The van der Waals surface area contributed by atoms with E-state index in [9.17, 15) is 18.0 Å². The predicted molar refractivity (Wildman–Crippen MR) is 121 cm³/mol. The lowest BCUT2D eigenvalue weighted by Crippen LogP contribution is -2.35. The third kappa shape index (κ3) is 6.14. The van der Waals surface area contributed by atoms with Gasteiger partial charge in [-0.3, -0.25) is 9.59 Å². The average molecular weight is 460 g/mol. The molecule has 1 fully saturated rings. The van der Waals surface area contributed by atoms with Crippen LogP contribution in [0.25, 0.3) is 0 Å². The molecule has 2 aromatic rings. The number of amides is 1. The molecular weight excluding hydrogens is 430 g/mol. The number of Topliss-reactive ketones (excluding diaryl/α,β-unsaturated/α-hetero) is 1. The second-order valence-corrected chi connectivity index (χ2v) is 10.1. The third-order valence-electron chi connectivity index (χ3n) is 5.56. The topological polar surface area (TPSA) is 106 Å². The van der Waals surface area contributed by atoms with Crippen LogP contribution in [0.2, 0.25) is 0 Å². The number of hydrogen-bond acceptors (Lipinski definition) is 6. The highest BCUT2D eigenvalue weighted by atomic mass is 32.2. The Hall–Kier alpha value is -2.78. The molecule has 3 rings (SSSR count). The fourth-order valence-electron chi connectivity index (χ4n) is 3.66. The molecule has 1 aromatic carbocycles. The van der Waals surface area contributed by atoms with Crippen LogP contribution in [0, 0.1) is 5.92 Å². The van der Waals surface area contributed by atoms with Gasteiger partial charge < -0.3 is 10.1 Å². The molecule has 0 saturated heterocycles. The Morgan fingerprint density at radius 1 is 1.12 bits per heavy atom. The first kappa shape index (κ1) is 23.9. The first-order valence-electron chi connectivity index (χ1n) is 10.7. The maximum absolute atomic E-state index is 12.8. The van der Waals surface area contributed by atoms with Crippen LogP contribution in [0.4, 0.5) is 5.82 Å². The van der Waals surface area contributed by atoms with E-state index in [0.29, 0.717) is 23.8 Å². The summed E-state index contributed by atoms with van der Waals surface area (Å²) in [5.74, 6) is 0.552. The lowest BCUT2D eigenvalue weighted by Gasteiger charge is -2.22. The first-order valence-corrected chi connectivity index (χ1v) is 12.2. The van der Waals surface area contributed by atoms with Crippen molar-refractivity contribution in [3.63, 3.8) is 0 Å². The number of ether oxygens (including phenoxy) is 1. The minimum Gasteiger partial charge on any atom is -0.489 e. The SMILES string of the molecule is CC(=O)c1ccc(S(=O)(=O)N(C)CC(=O)Nc2ncccc2OCC2CCCCC2)cc1. The monoisotopic (exact) mass is 459 g/mol. The Morgan fingerprint density at radius 3 is 2.47 bits per heavy atom. The summed E-state index contributed by atoms with van der Waals surface area (Å²) in [7, 11) is -2.57. The van der Waals surface area contributed by atoms with Crippen molar-refractivity contribution in [3.8, 4) is 5.75 Å². The van der Waals surface area contributed by atoms with Gasteiger partial charge in [0.05, 0.1) is 18.0 Å². The van der Waals surface area contributed by atoms with Crippen LogP contribution < -0.4 is 10.1 Å². The molecule has 1 saturated carbocycles. The van der Waals surface area contributed by atoms with Crippen LogP contribution in [0.15, 0.2) is 47.5 Å². The standard InChI is InChI=1S/C23H29N3O5S/c1-17(27)19-10-12-20(13-11-19)32(29,30)26(2)15-22(28)25-23-21(9-6-14-24-23)31-16-18-7-4-3-5-8-18/h6,9-14,18H,3-5,7-8,15-16H2,1-2H3,(H,24,25,28). The molecule has 172 valence electrons. The number of carbonyl (C=O) groups excluding carboxylic acids is 2. The molecule has 9 heteroatoms. The number of pyridine rings is 1. The van der Waals surface area contributed by atoms with Gasteiger partial charge in [0.2, 0.25) is 15.9 Å². The minimum atomic E-state index is -3.89. The van der Waals surface area contributed by atoms with Gasteiger partial charge in [0.25, 0.3) is 0 Å². The summed E-state index contributed by atoms with van der Waals surface area (Å²) in [5.41, 5.74) is 0.417. The van der Waals surface area contributed by atoms with Crippen molar-refractivity contribution in [2.45, 2.75) is 43.9 Å². The van der Waals surface area contributed by atoms with Gasteiger partial charge in [0, 0.05) is 18.8 Å². The number of hydrogen-bond donors (Lipinski definition) is 1. The molecule has 32 heavy (non-hydrogen) atoms. The van der Waals surface area contributed by atoms with Crippen LogP contribution in [-0.4, -0.2) is 49.6 Å². The summed E-state index contributed by atoms with van der Waals surface area (Å²) < 4.78 is 32.4. The van der Waals surface area contributed by atoms with E-state index in [4.69, 9.17) is 4.74 Å². The molecule has 0 radical (unpaired) electrons. The van der Waals surface area contributed by atoms with Gasteiger partial charge in [-0.25, -0.2) is 13.4 Å². The Morgan fingerprint density at radius 2 is 1.81 bits per heavy atom. The highest BCUT2D eigenvalue weighted by Crippen LogP contribution is 2.27. The Bertz CT molecular complexity index is 1050. The number of rotatable bonds is 9. The Kier molecular flexibility index (Phi) is 7.98. The summed E-state index contributed by atoms with van der Waals surface area (Å²) in [6.07, 6.45) is 7.50. The molecule has 0 aliphatic heterocycles. The Labute approximate surface area is 189 Å². The lowest BCUT2D eigenvalue weighted by molar-refractivity contribution is -0.116. The third-order valence-corrected chi connectivity index (χ3v) is 7.38. The van der Waals surface area contributed by atoms with E-state index < -0.39 is 22.5 Å². The van der Waals surface area contributed by atoms with Gasteiger partial charge in [0.1, 0.15) is 0 Å². The van der Waals surface area contributed by atoms with Crippen LogP contribution in [0.3, 0.4) is 0 Å². The molecule has 1 aliphatic rings. The predicted octanol–water partition coefficient (Wildman–Crippen LogP) is 3.50. The number of carbonyl (C=O) groups is 2. The van der Waals surface area contributed by atoms with E-state index in [1.807, 2.05) is 0 Å². The van der Waals surface area contributed by atoms with Crippen molar-refractivity contribution >= 4 is 27.5 Å². The normalized spacial score (nSPS) is 14.8. The number of likely N-dealkylation sites (N-methyl/N-ethyl adjacent to an activating group) is 1. The van der Waals surface area contributed by atoms with Gasteiger partial charge in [-0.15, -0.1) is 0 Å². The van der Waals surface area contributed by atoms with Crippen LogP contribution in [-0.2, 0) is 14.8 Å². The van der Waals surface area contributed by atoms with E-state index in [1.54, 1.807) is 18.3 Å². The zero-order valence-corrected chi connectivity index (χ0v) is 19.2. The molecular formula is C23H29N3O5S. The molecule has 1 aromatic heterocycles. The highest BCUT2D eigenvalue weighted by Gasteiger charge is 2.24. The summed E-state index contributed by atoms with van der Waals surface area (Å²) in [4.78, 5) is 28.1. The van der Waals surface area contributed by atoms with Crippen molar-refractivity contribution < 1.29 is 22.7 Å². The minimum absolute atomic E-state index is 0.00661. The van der Waals surface area contributed by atoms with Crippen molar-refractivity contribution in [3.05, 3.63) is 48.2 Å². The number of sulfonamides is 1. The van der Waals surface area contributed by atoms with Crippen molar-refractivity contribution in [2.75, 3.05) is 25.5 Å². The van der Waals surface area contributed by atoms with Gasteiger partial charge >= 0.3 is 0 Å². The Balaban J connectivity index is 1.61. The number of nitrogens with one attached hydrogen (secondary N) is 1. The van der Waals surface area contributed by atoms with Crippen LogP contribution >= 0.6 is 0 Å². The van der Waals surface area contributed by atoms with E-state index in [0.717, 1.165) is 17.1 Å². The van der Waals surface area contributed by atoms with E-state index in [-0.39, 0.29) is 16.5 Å². The number of aromatic nitrogens is 1. The molecule has 8 nitrogen and oxygen atoms in total. The molecule has 0 unspecified atom stereocenters. The van der Waals surface area contributed by atoms with E-state index in [2.05, 4.69) is 10.3 Å². The molecule has 0 bridgehead atoms. The number of anilines is 1. The quantitative estimate of drug-likeness (QED) is 0.576. The molecule has 1 aliphatic carbocycles. The highest BCUT2D eigenvalue weighted by molar-refractivity contribution is 7.89. The summed E-state index contributed by atoms with van der Waals surface area (Å²) in [6, 6.07) is 9.09. The van der Waals surface area contributed by atoms with Gasteiger partial charge in [-0.2, -0.15) is 4.31 Å².